The molecule has 14 heavy (non-hydrogen) atoms. The number of nitrogens with two attached hydrogens (primary N) is 1. The summed E-state index contributed by atoms with van der Waals surface area (Å²) in [5.74, 6) is -0.522. The van der Waals surface area contributed by atoms with Gasteiger partial charge in [0.05, 0.1) is 18.6 Å². The quantitative estimate of drug-likeness (QED) is 0.701. The summed E-state index contributed by atoms with van der Waals surface area (Å²) < 4.78 is 1.75. The average molecular weight is 191 g/mol. The average Bonchev–Trinajstić information content (AvgIpc) is 2.75. The van der Waals surface area contributed by atoms with E-state index in [4.69, 9.17) is 5.73 Å². The Hall–Kier alpha value is -2.11. The van der Waals surface area contributed by atoms with Crippen LogP contribution in [0.1, 0.15) is 16.2 Å². The molecule has 0 unspecified atom stereocenters. The second-order valence-electron chi connectivity index (χ2n) is 2.86. The number of nitrogens with one attached hydrogen (secondary N) is 1. The highest BCUT2D eigenvalue weighted by Gasteiger charge is 2.04. The number of aromatic nitrogens is 4. The van der Waals surface area contributed by atoms with Crippen LogP contribution in [0.15, 0.2) is 24.8 Å². The van der Waals surface area contributed by atoms with Gasteiger partial charge in [0.1, 0.15) is 5.69 Å². The maximum atomic E-state index is 10.7. The molecule has 2 rings (SSSR count). The van der Waals surface area contributed by atoms with Crippen molar-refractivity contribution in [1.82, 2.24) is 19.7 Å². The van der Waals surface area contributed by atoms with E-state index < -0.39 is 5.91 Å². The van der Waals surface area contributed by atoms with Gasteiger partial charge in [-0.05, 0) is 6.07 Å². The standard InChI is InChI=1S/C8H9N5O/c9-8(14)7-4-13(5-10-7)3-6-1-2-11-12-6/h1-2,4-5H,3H2,(H2,9,14)(H,11,12). The second kappa shape index (κ2) is 3.33. The summed E-state index contributed by atoms with van der Waals surface area (Å²) in [7, 11) is 0. The Morgan fingerprint density at radius 3 is 3.07 bits per heavy atom. The van der Waals surface area contributed by atoms with Crippen molar-refractivity contribution in [1.29, 1.82) is 0 Å². The van der Waals surface area contributed by atoms with E-state index in [0.717, 1.165) is 5.69 Å². The van der Waals surface area contributed by atoms with Crippen molar-refractivity contribution < 1.29 is 4.79 Å². The van der Waals surface area contributed by atoms with Crippen molar-refractivity contribution in [2.75, 3.05) is 0 Å². The largest absolute Gasteiger partial charge is 0.364 e. The maximum absolute atomic E-state index is 10.7. The van der Waals surface area contributed by atoms with Crippen LogP contribution < -0.4 is 5.73 Å². The first kappa shape index (κ1) is 8.49. The van der Waals surface area contributed by atoms with Crippen LogP contribution >= 0.6 is 0 Å². The zero-order chi connectivity index (χ0) is 9.97. The van der Waals surface area contributed by atoms with Crippen LogP contribution in [0.5, 0.6) is 0 Å². The van der Waals surface area contributed by atoms with Crippen LogP contribution in [0.2, 0.25) is 0 Å². The van der Waals surface area contributed by atoms with E-state index in [2.05, 4.69) is 15.2 Å². The number of nitrogens with zero attached hydrogens (tertiary/aromatic N) is 3. The number of hydrogen-bond acceptors (Lipinski definition) is 3. The molecular weight excluding hydrogens is 182 g/mol. The summed E-state index contributed by atoms with van der Waals surface area (Å²) in [6.45, 7) is 0.573. The van der Waals surface area contributed by atoms with Gasteiger partial charge in [-0.3, -0.25) is 9.89 Å². The zero-order valence-electron chi connectivity index (χ0n) is 7.34. The molecule has 72 valence electrons. The second-order valence-corrected chi connectivity index (χ2v) is 2.86. The van der Waals surface area contributed by atoms with Gasteiger partial charge in [-0.2, -0.15) is 5.10 Å². The zero-order valence-corrected chi connectivity index (χ0v) is 7.34. The van der Waals surface area contributed by atoms with Crippen molar-refractivity contribution in [3.8, 4) is 0 Å². The number of carbonyl (C=O) groups excluding carboxylic acids is 1. The highest BCUT2D eigenvalue weighted by Crippen LogP contribution is 1.99. The normalized spacial score (nSPS) is 10.3. The lowest BCUT2D eigenvalue weighted by molar-refractivity contribution is 0.0996. The summed E-state index contributed by atoms with van der Waals surface area (Å²) in [5.41, 5.74) is 6.20. The number of hydrogen-bond donors (Lipinski definition) is 2. The fourth-order valence-corrected chi connectivity index (χ4v) is 1.14. The van der Waals surface area contributed by atoms with E-state index in [1.54, 1.807) is 23.3 Å². The van der Waals surface area contributed by atoms with E-state index >= 15 is 0 Å². The molecule has 0 aliphatic rings. The van der Waals surface area contributed by atoms with E-state index in [9.17, 15) is 4.79 Å². The molecule has 0 aliphatic carbocycles. The lowest BCUT2D eigenvalue weighted by Gasteiger charge is -1.95. The topological polar surface area (TPSA) is 89.6 Å². The van der Waals surface area contributed by atoms with Gasteiger partial charge in [0.2, 0.25) is 0 Å². The van der Waals surface area contributed by atoms with Crippen LogP contribution in [0.4, 0.5) is 0 Å². The van der Waals surface area contributed by atoms with Crippen molar-refractivity contribution in [2.24, 2.45) is 5.73 Å². The van der Waals surface area contributed by atoms with Crippen molar-refractivity contribution in [3.05, 3.63) is 36.2 Å². The van der Waals surface area contributed by atoms with Crippen LogP contribution in [0.3, 0.4) is 0 Å². The minimum atomic E-state index is -0.522. The molecule has 2 heterocycles. The van der Waals surface area contributed by atoms with Crippen molar-refractivity contribution in [3.63, 3.8) is 0 Å². The Labute approximate surface area is 79.8 Å². The minimum Gasteiger partial charge on any atom is -0.364 e. The van der Waals surface area contributed by atoms with E-state index in [-0.39, 0.29) is 5.69 Å². The third kappa shape index (κ3) is 1.63. The predicted molar refractivity (Wildman–Crippen MR) is 48.4 cm³/mol. The number of primary amides is 1. The van der Waals surface area contributed by atoms with Crippen LogP contribution in [0, 0.1) is 0 Å². The van der Waals surface area contributed by atoms with Gasteiger partial charge in [0.15, 0.2) is 0 Å². The Balaban J connectivity index is 2.14. The molecule has 0 bridgehead atoms. The lowest BCUT2D eigenvalue weighted by atomic mass is 10.4. The van der Waals surface area contributed by atoms with E-state index in [1.807, 2.05) is 6.07 Å². The maximum Gasteiger partial charge on any atom is 0.268 e. The fourth-order valence-electron chi connectivity index (χ4n) is 1.14. The third-order valence-corrected chi connectivity index (χ3v) is 1.79. The molecule has 2 aromatic rings. The predicted octanol–water partition coefficient (Wildman–Crippen LogP) is -0.247. The Bertz CT molecular complexity index is 430. The molecule has 0 aromatic carbocycles. The Morgan fingerprint density at radius 2 is 2.50 bits per heavy atom. The molecule has 2 aromatic heterocycles. The molecule has 1 amide bonds. The van der Waals surface area contributed by atoms with Crippen molar-refractivity contribution in [2.45, 2.75) is 6.54 Å². The molecule has 0 saturated heterocycles. The molecule has 0 aliphatic heterocycles. The van der Waals surface area contributed by atoms with Gasteiger partial charge in [-0.25, -0.2) is 4.98 Å². The molecule has 3 N–H and O–H groups in total. The highest BCUT2D eigenvalue weighted by atomic mass is 16.1. The first-order valence-corrected chi connectivity index (χ1v) is 4.06. The number of carbonyl (C=O) groups is 1. The summed E-state index contributed by atoms with van der Waals surface area (Å²) in [5, 5.41) is 6.68. The summed E-state index contributed by atoms with van der Waals surface area (Å²) in [6, 6.07) is 1.85. The molecular formula is C8H9N5O. The van der Waals surface area contributed by atoms with Gasteiger partial charge in [0.25, 0.3) is 5.91 Å². The molecule has 0 saturated carbocycles. The number of aromatic amines is 1. The first-order valence-electron chi connectivity index (χ1n) is 4.06. The smallest absolute Gasteiger partial charge is 0.268 e. The van der Waals surface area contributed by atoms with Gasteiger partial charge in [-0.1, -0.05) is 0 Å². The lowest BCUT2D eigenvalue weighted by Crippen LogP contribution is -2.11. The summed E-state index contributed by atoms with van der Waals surface area (Å²) >= 11 is 0. The van der Waals surface area contributed by atoms with Crippen LogP contribution in [-0.4, -0.2) is 25.7 Å². The summed E-state index contributed by atoms with van der Waals surface area (Å²) in [4.78, 5) is 14.6. The van der Waals surface area contributed by atoms with E-state index in [1.165, 1.54) is 0 Å². The third-order valence-electron chi connectivity index (χ3n) is 1.79. The first-order chi connectivity index (χ1) is 6.75. The van der Waals surface area contributed by atoms with Gasteiger partial charge in [0, 0.05) is 12.4 Å². The van der Waals surface area contributed by atoms with E-state index in [0.29, 0.717) is 6.54 Å². The Kier molecular flexibility index (Phi) is 2.02. The number of amides is 1. The molecule has 0 fully saturated rings. The SMILES string of the molecule is NC(=O)c1cn(Cc2cc[nH]n2)cn1. The van der Waals surface area contributed by atoms with Crippen LogP contribution in [0.25, 0.3) is 0 Å². The Morgan fingerprint density at radius 1 is 1.64 bits per heavy atom. The molecule has 0 spiro atoms. The highest BCUT2D eigenvalue weighted by molar-refractivity contribution is 5.90. The van der Waals surface area contributed by atoms with Crippen molar-refractivity contribution >= 4 is 5.91 Å². The van der Waals surface area contributed by atoms with Gasteiger partial charge >= 0.3 is 0 Å². The molecule has 0 atom stereocenters. The van der Waals surface area contributed by atoms with Crippen LogP contribution in [-0.2, 0) is 6.54 Å². The molecule has 6 heteroatoms. The fraction of sp³-hybridized carbons (Fsp3) is 0.125. The molecule has 0 radical (unpaired) electrons. The number of rotatable bonds is 3. The monoisotopic (exact) mass is 191 g/mol. The molecule has 6 nitrogen and oxygen atoms in total. The van der Waals surface area contributed by atoms with Gasteiger partial charge < -0.3 is 10.3 Å². The number of imidazole rings is 1. The number of H-pyrrole nitrogens is 1. The van der Waals surface area contributed by atoms with Gasteiger partial charge in [-0.15, -0.1) is 0 Å². The minimum absolute atomic E-state index is 0.264. The summed E-state index contributed by atoms with van der Waals surface area (Å²) in [6.07, 6.45) is 4.88.